The molecule has 0 saturated heterocycles. The molecule has 0 saturated carbocycles. The van der Waals surface area contributed by atoms with Crippen molar-refractivity contribution in [2.45, 2.75) is 6.92 Å². The lowest BCUT2D eigenvalue weighted by atomic mass is 10.3. The van der Waals surface area contributed by atoms with Crippen LogP contribution in [0.1, 0.15) is 5.56 Å². The topological polar surface area (TPSA) is 29.3 Å². The van der Waals surface area contributed by atoms with Crippen molar-refractivity contribution in [2.24, 2.45) is 0 Å². The highest BCUT2D eigenvalue weighted by atomic mass is 15.1. The van der Waals surface area contributed by atoms with Crippen molar-refractivity contribution in [3.05, 3.63) is 30.1 Å². The Morgan fingerprint density at radius 1 is 1.50 bits per heavy atom. The van der Waals surface area contributed by atoms with E-state index in [1.165, 1.54) is 5.56 Å². The third-order valence-corrected chi connectivity index (χ3v) is 1.92. The Hall–Kier alpha value is -1.51. The van der Waals surface area contributed by atoms with Crippen molar-refractivity contribution < 1.29 is 0 Å². The highest BCUT2D eigenvalue weighted by Gasteiger charge is 1.98. The Bertz CT molecular complexity index is 403. The molecule has 1 N–H and O–H groups in total. The van der Waals surface area contributed by atoms with Crippen LogP contribution in [0.5, 0.6) is 0 Å². The normalized spacial score (nSPS) is 10.5. The summed E-state index contributed by atoms with van der Waals surface area (Å²) in [4.78, 5) is 4.25. The van der Waals surface area contributed by atoms with Crippen molar-refractivity contribution in [2.75, 3.05) is 12.4 Å². The van der Waals surface area contributed by atoms with Crippen LogP contribution < -0.4 is 5.32 Å². The van der Waals surface area contributed by atoms with Gasteiger partial charge in [-0.05, 0) is 24.6 Å². The number of fused-ring (bicyclic) bond motifs is 1. The van der Waals surface area contributed by atoms with Crippen LogP contribution in [0.15, 0.2) is 24.5 Å². The summed E-state index contributed by atoms with van der Waals surface area (Å²) in [6.07, 6.45) is 3.85. The summed E-state index contributed by atoms with van der Waals surface area (Å²) in [5.74, 6) is 1.02. The molecular weight excluding hydrogens is 150 g/mol. The average molecular weight is 161 g/mol. The first-order valence-corrected chi connectivity index (χ1v) is 3.93. The number of hydrogen-bond acceptors (Lipinski definition) is 2. The molecule has 0 atom stereocenters. The molecule has 0 unspecified atom stereocenters. The Morgan fingerprint density at radius 3 is 3.08 bits per heavy atom. The highest BCUT2D eigenvalue weighted by molar-refractivity contribution is 5.51. The second-order valence-corrected chi connectivity index (χ2v) is 2.83. The van der Waals surface area contributed by atoms with Crippen LogP contribution >= 0.6 is 0 Å². The molecule has 0 bridgehead atoms. The summed E-state index contributed by atoms with van der Waals surface area (Å²) < 4.78 is 2.02. The van der Waals surface area contributed by atoms with E-state index < -0.39 is 0 Å². The minimum Gasteiger partial charge on any atom is -0.373 e. The number of aromatic nitrogens is 2. The summed E-state index contributed by atoms with van der Waals surface area (Å²) >= 11 is 0. The van der Waals surface area contributed by atoms with E-state index in [0.717, 1.165) is 11.5 Å². The van der Waals surface area contributed by atoms with E-state index in [0.29, 0.717) is 0 Å². The number of hydrogen-bond donors (Lipinski definition) is 1. The molecule has 2 aromatic rings. The molecule has 12 heavy (non-hydrogen) atoms. The van der Waals surface area contributed by atoms with Crippen LogP contribution in [-0.4, -0.2) is 16.4 Å². The van der Waals surface area contributed by atoms with Crippen LogP contribution in [0.25, 0.3) is 5.65 Å². The fraction of sp³-hybridized carbons (Fsp3) is 0.222. The van der Waals surface area contributed by atoms with Gasteiger partial charge in [0.15, 0.2) is 0 Å². The second-order valence-electron chi connectivity index (χ2n) is 2.83. The van der Waals surface area contributed by atoms with Crippen LogP contribution in [0.2, 0.25) is 0 Å². The quantitative estimate of drug-likeness (QED) is 0.689. The van der Waals surface area contributed by atoms with Crippen LogP contribution in [0, 0.1) is 6.92 Å². The first-order valence-electron chi connectivity index (χ1n) is 3.93. The monoisotopic (exact) mass is 161 g/mol. The van der Waals surface area contributed by atoms with Gasteiger partial charge < -0.3 is 5.32 Å². The van der Waals surface area contributed by atoms with Gasteiger partial charge in [-0.25, -0.2) is 4.98 Å². The maximum atomic E-state index is 4.25. The van der Waals surface area contributed by atoms with Crippen LogP contribution in [0.3, 0.4) is 0 Å². The zero-order valence-electron chi connectivity index (χ0n) is 7.20. The molecule has 3 nitrogen and oxygen atoms in total. The van der Waals surface area contributed by atoms with Gasteiger partial charge in [0.2, 0.25) is 0 Å². The third kappa shape index (κ3) is 0.942. The Kier molecular flexibility index (Phi) is 1.50. The zero-order valence-corrected chi connectivity index (χ0v) is 7.20. The van der Waals surface area contributed by atoms with Crippen molar-refractivity contribution in [3.8, 4) is 0 Å². The van der Waals surface area contributed by atoms with E-state index in [-0.39, 0.29) is 0 Å². The SMILES string of the molecule is CNc1cnc2cc(C)ccn12. The summed E-state index contributed by atoms with van der Waals surface area (Å²) in [5.41, 5.74) is 2.22. The third-order valence-electron chi connectivity index (χ3n) is 1.92. The summed E-state index contributed by atoms with van der Waals surface area (Å²) in [7, 11) is 1.89. The maximum Gasteiger partial charge on any atom is 0.138 e. The smallest absolute Gasteiger partial charge is 0.138 e. The molecule has 0 amide bonds. The van der Waals surface area contributed by atoms with Gasteiger partial charge in [0.05, 0.1) is 6.20 Å². The predicted molar refractivity (Wildman–Crippen MR) is 49.5 cm³/mol. The lowest BCUT2D eigenvalue weighted by Crippen LogP contribution is -1.93. The zero-order chi connectivity index (χ0) is 8.55. The molecule has 0 fully saturated rings. The Balaban J connectivity index is 2.73. The maximum absolute atomic E-state index is 4.25. The number of nitrogens with zero attached hydrogens (tertiary/aromatic N) is 2. The molecule has 2 aromatic heterocycles. The van der Waals surface area contributed by atoms with Crippen molar-refractivity contribution in [3.63, 3.8) is 0 Å². The summed E-state index contributed by atoms with van der Waals surface area (Å²) in [6, 6.07) is 4.12. The van der Waals surface area contributed by atoms with E-state index in [2.05, 4.69) is 29.4 Å². The Morgan fingerprint density at radius 2 is 2.33 bits per heavy atom. The molecule has 0 spiro atoms. The van der Waals surface area contributed by atoms with Gasteiger partial charge in [-0.3, -0.25) is 4.40 Å². The summed E-state index contributed by atoms with van der Waals surface area (Å²) in [5, 5.41) is 3.07. The lowest BCUT2D eigenvalue weighted by Gasteiger charge is -1.99. The number of anilines is 1. The van der Waals surface area contributed by atoms with Crippen molar-refractivity contribution >= 4 is 11.5 Å². The minimum atomic E-state index is 0.986. The minimum absolute atomic E-state index is 0.986. The molecule has 2 heterocycles. The molecule has 62 valence electrons. The Labute approximate surface area is 71.0 Å². The van der Waals surface area contributed by atoms with Gasteiger partial charge in [0, 0.05) is 13.2 Å². The first-order chi connectivity index (χ1) is 5.81. The highest BCUT2D eigenvalue weighted by Crippen LogP contribution is 2.11. The van der Waals surface area contributed by atoms with Gasteiger partial charge >= 0.3 is 0 Å². The molecular formula is C9H11N3. The van der Waals surface area contributed by atoms with Gasteiger partial charge in [-0.15, -0.1) is 0 Å². The van der Waals surface area contributed by atoms with E-state index in [9.17, 15) is 0 Å². The molecule has 0 aliphatic carbocycles. The van der Waals surface area contributed by atoms with Gasteiger partial charge in [-0.2, -0.15) is 0 Å². The van der Waals surface area contributed by atoms with Crippen molar-refractivity contribution in [1.82, 2.24) is 9.38 Å². The van der Waals surface area contributed by atoms with Gasteiger partial charge in [0.25, 0.3) is 0 Å². The molecule has 0 aliphatic rings. The molecule has 3 heteroatoms. The van der Waals surface area contributed by atoms with Crippen molar-refractivity contribution in [1.29, 1.82) is 0 Å². The van der Waals surface area contributed by atoms with Crippen LogP contribution in [-0.2, 0) is 0 Å². The second kappa shape index (κ2) is 2.52. The fourth-order valence-corrected chi connectivity index (χ4v) is 1.27. The summed E-state index contributed by atoms with van der Waals surface area (Å²) in [6.45, 7) is 2.06. The van der Waals surface area contributed by atoms with Gasteiger partial charge in [-0.1, -0.05) is 0 Å². The number of rotatable bonds is 1. The average Bonchev–Trinajstić information content (AvgIpc) is 2.46. The number of nitrogens with one attached hydrogen (secondary N) is 1. The van der Waals surface area contributed by atoms with Gasteiger partial charge in [0.1, 0.15) is 11.5 Å². The number of pyridine rings is 1. The van der Waals surface area contributed by atoms with Crippen LogP contribution in [0.4, 0.5) is 5.82 Å². The van der Waals surface area contributed by atoms with E-state index in [4.69, 9.17) is 0 Å². The molecule has 0 radical (unpaired) electrons. The molecule has 2 rings (SSSR count). The standard InChI is InChI=1S/C9H11N3/c1-7-3-4-12-8(5-7)11-6-9(12)10-2/h3-6,10H,1-2H3. The largest absolute Gasteiger partial charge is 0.373 e. The molecule has 0 aromatic carbocycles. The number of imidazole rings is 1. The predicted octanol–water partition coefficient (Wildman–Crippen LogP) is 1.68. The van der Waals surface area contributed by atoms with E-state index >= 15 is 0 Å². The van der Waals surface area contributed by atoms with E-state index in [1.807, 2.05) is 23.8 Å². The number of aryl methyl sites for hydroxylation is 1. The van der Waals surface area contributed by atoms with E-state index in [1.54, 1.807) is 0 Å². The molecule has 0 aliphatic heterocycles. The lowest BCUT2D eigenvalue weighted by molar-refractivity contribution is 1.16. The fourth-order valence-electron chi connectivity index (χ4n) is 1.27. The first kappa shape index (κ1) is 7.16.